The average Bonchev–Trinajstić information content (AvgIpc) is 3.14. The van der Waals surface area contributed by atoms with Gasteiger partial charge in [0.25, 0.3) is 0 Å². The van der Waals surface area contributed by atoms with Crippen LogP contribution >= 0.6 is 0 Å². The van der Waals surface area contributed by atoms with Gasteiger partial charge in [0.2, 0.25) is 0 Å². The molecule has 21 heavy (non-hydrogen) atoms. The Kier molecular flexibility index (Phi) is 4.40. The van der Waals surface area contributed by atoms with Crippen molar-refractivity contribution in [1.82, 2.24) is 0 Å². The normalized spacial score (nSPS) is 16.2. The Labute approximate surface area is 125 Å². The van der Waals surface area contributed by atoms with E-state index in [-0.39, 0.29) is 11.9 Å². The van der Waals surface area contributed by atoms with Crippen LogP contribution in [-0.2, 0) is 4.74 Å². The molecule has 0 saturated heterocycles. The molecule has 0 bridgehead atoms. The third kappa shape index (κ3) is 4.92. The van der Waals surface area contributed by atoms with Crippen molar-refractivity contribution >= 4 is 17.5 Å². The van der Waals surface area contributed by atoms with E-state index in [1.54, 1.807) is 26.8 Å². The molecule has 1 fully saturated rings. The van der Waals surface area contributed by atoms with Crippen LogP contribution in [0.4, 0.5) is 20.6 Å². The van der Waals surface area contributed by atoms with Crippen LogP contribution in [0.2, 0.25) is 0 Å². The molecule has 1 saturated carbocycles. The zero-order chi connectivity index (χ0) is 15.6. The zero-order valence-electron chi connectivity index (χ0n) is 13.0. The Morgan fingerprint density at radius 1 is 1.33 bits per heavy atom. The summed E-state index contributed by atoms with van der Waals surface area (Å²) in [5.41, 5.74) is 0.539. The molecule has 2 N–H and O–H groups in total. The van der Waals surface area contributed by atoms with E-state index >= 15 is 0 Å². The molecular formula is C16H23FN2O2. The molecule has 2 rings (SSSR count). The first-order valence-corrected chi connectivity index (χ1v) is 7.31. The number of benzene rings is 1. The molecule has 5 heteroatoms. The van der Waals surface area contributed by atoms with Gasteiger partial charge in [-0.15, -0.1) is 0 Å². The second kappa shape index (κ2) is 5.92. The van der Waals surface area contributed by atoms with Crippen molar-refractivity contribution in [2.45, 2.75) is 52.2 Å². The summed E-state index contributed by atoms with van der Waals surface area (Å²) in [6.07, 6.45) is 1.84. The van der Waals surface area contributed by atoms with Gasteiger partial charge in [-0.1, -0.05) is 0 Å². The van der Waals surface area contributed by atoms with E-state index in [0.29, 0.717) is 17.3 Å². The molecule has 1 unspecified atom stereocenters. The lowest BCUT2D eigenvalue weighted by atomic mass is 10.2. The van der Waals surface area contributed by atoms with Crippen LogP contribution in [0.25, 0.3) is 0 Å². The first kappa shape index (κ1) is 15.6. The third-order valence-corrected chi connectivity index (χ3v) is 3.33. The van der Waals surface area contributed by atoms with Crippen LogP contribution in [0.15, 0.2) is 18.2 Å². The highest BCUT2D eigenvalue weighted by Gasteiger charge is 2.28. The first-order valence-electron chi connectivity index (χ1n) is 7.31. The predicted molar refractivity (Wildman–Crippen MR) is 82.1 cm³/mol. The van der Waals surface area contributed by atoms with Crippen molar-refractivity contribution in [2.75, 3.05) is 10.6 Å². The topological polar surface area (TPSA) is 50.4 Å². The molecule has 1 aliphatic rings. The number of carbonyl (C=O) groups excluding carboxylic acids is 1. The highest BCUT2D eigenvalue weighted by atomic mass is 19.1. The van der Waals surface area contributed by atoms with E-state index in [1.165, 1.54) is 25.0 Å². The van der Waals surface area contributed by atoms with E-state index in [4.69, 9.17) is 4.74 Å². The molecule has 0 aromatic heterocycles. The number of carbonyl (C=O) groups is 1. The van der Waals surface area contributed by atoms with Crippen molar-refractivity contribution in [3.8, 4) is 0 Å². The second-order valence-corrected chi connectivity index (χ2v) is 6.59. The van der Waals surface area contributed by atoms with E-state index in [0.717, 1.165) is 0 Å². The summed E-state index contributed by atoms with van der Waals surface area (Å²) < 4.78 is 18.7. The van der Waals surface area contributed by atoms with Gasteiger partial charge >= 0.3 is 6.09 Å². The van der Waals surface area contributed by atoms with Crippen molar-refractivity contribution in [3.05, 3.63) is 24.0 Å². The summed E-state index contributed by atoms with van der Waals surface area (Å²) in [5, 5.41) is 5.94. The molecule has 1 amide bonds. The molecule has 0 aliphatic heterocycles. The van der Waals surface area contributed by atoms with Gasteiger partial charge in [-0.3, -0.25) is 5.32 Å². The maximum absolute atomic E-state index is 13.4. The van der Waals surface area contributed by atoms with Gasteiger partial charge in [-0.05, 0) is 64.7 Å². The summed E-state index contributed by atoms with van der Waals surface area (Å²) in [4.78, 5) is 11.8. The molecule has 1 aromatic carbocycles. The standard InChI is InChI=1S/C16H23FN2O2/c1-10(11-5-6-11)18-14-9-12(17)7-8-13(14)19-15(20)21-16(2,3)4/h7-11,18H,5-6H2,1-4H3,(H,19,20). The van der Waals surface area contributed by atoms with Gasteiger partial charge in [0.15, 0.2) is 0 Å². The van der Waals surface area contributed by atoms with Crippen molar-refractivity contribution in [3.63, 3.8) is 0 Å². The van der Waals surface area contributed by atoms with Gasteiger partial charge in [0.05, 0.1) is 11.4 Å². The lowest BCUT2D eigenvalue weighted by molar-refractivity contribution is 0.0636. The lowest BCUT2D eigenvalue weighted by Crippen LogP contribution is -2.28. The predicted octanol–water partition coefficient (Wildman–Crippen LogP) is 4.38. The van der Waals surface area contributed by atoms with Crippen LogP contribution in [0.3, 0.4) is 0 Å². The Balaban J connectivity index is 2.08. The smallest absolute Gasteiger partial charge is 0.412 e. The number of ether oxygens (including phenoxy) is 1. The van der Waals surface area contributed by atoms with E-state index in [2.05, 4.69) is 17.6 Å². The molecule has 0 radical (unpaired) electrons. The fourth-order valence-electron chi connectivity index (χ4n) is 2.12. The van der Waals surface area contributed by atoms with Gasteiger partial charge < -0.3 is 10.1 Å². The zero-order valence-corrected chi connectivity index (χ0v) is 13.0. The molecule has 0 heterocycles. The molecule has 0 spiro atoms. The number of rotatable bonds is 4. The monoisotopic (exact) mass is 294 g/mol. The Morgan fingerprint density at radius 2 is 2.00 bits per heavy atom. The molecular weight excluding hydrogens is 271 g/mol. The van der Waals surface area contributed by atoms with Crippen LogP contribution < -0.4 is 10.6 Å². The number of nitrogens with one attached hydrogen (secondary N) is 2. The van der Waals surface area contributed by atoms with E-state index < -0.39 is 11.7 Å². The van der Waals surface area contributed by atoms with Crippen LogP contribution in [0.5, 0.6) is 0 Å². The number of amides is 1. The molecule has 1 aliphatic carbocycles. The highest BCUT2D eigenvalue weighted by Crippen LogP contribution is 2.35. The Bertz CT molecular complexity index is 521. The Hall–Kier alpha value is -1.78. The van der Waals surface area contributed by atoms with Gasteiger partial charge in [-0.25, -0.2) is 9.18 Å². The first-order chi connectivity index (χ1) is 9.74. The quantitative estimate of drug-likeness (QED) is 0.866. The third-order valence-electron chi connectivity index (χ3n) is 3.33. The van der Waals surface area contributed by atoms with Crippen LogP contribution in [0, 0.1) is 11.7 Å². The van der Waals surface area contributed by atoms with Gasteiger partial charge in [-0.2, -0.15) is 0 Å². The summed E-state index contributed by atoms with van der Waals surface area (Å²) >= 11 is 0. The van der Waals surface area contributed by atoms with Gasteiger partial charge in [0, 0.05) is 6.04 Å². The van der Waals surface area contributed by atoms with Gasteiger partial charge in [0.1, 0.15) is 11.4 Å². The Morgan fingerprint density at radius 3 is 2.57 bits per heavy atom. The fourth-order valence-corrected chi connectivity index (χ4v) is 2.12. The maximum Gasteiger partial charge on any atom is 0.412 e. The van der Waals surface area contributed by atoms with E-state index in [1.807, 2.05) is 0 Å². The SMILES string of the molecule is CC(Nc1cc(F)ccc1NC(=O)OC(C)(C)C)C1CC1. The minimum Gasteiger partial charge on any atom is -0.444 e. The van der Waals surface area contributed by atoms with Crippen molar-refractivity contribution in [1.29, 1.82) is 0 Å². The van der Waals surface area contributed by atoms with Crippen molar-refractivity contribution < 1.29 is 13.9 Å². The number of anilines is 2. The summed E-state index contributed by atoms with van der Waals surface area (Å²) in [6, 6.07) is 4.51. The number of hydrogen-bond acceptors (Lipinski definition) is 3. The lowest BCUT2D eigenvalue weighted by Gasteiger charge is -2.22. The molecule has 4 nitrogen and oxygen atoms in total. The summed E-state index contributed by atoms with van der Waals surface area (Å²) in [7, 11) is 0. The molecule has 1 atom stereocenters. The van der Waals surface area contributed by atoms with Crippen LogP contribution in [0.1, 0.15) is 40.5 Å². The van der Waals surface area contributed by atoms with Crippen LogP contribution in [-0.4, -0.2) is 17.7 Å². The molecule has 1 aromatic rings. The minimum absolute atomic E-state index is 0.256. The number of halogens is 1. The van der Waals surface area contributed by atoms with Crippen molar-refractivity contribution in [2.24, 2.45) is 5.92 Å². The largest absolute Gasteiger partial charge is 0.444 e. The maximum atomic E-state index is 13.4. The highest BCUT2D eigenvalue weighted by molar-refractivity contribution is 5.89. The fraction of sp³-hybridized carbons (Fsp3) is 0.562. The second-order valence-electron chi connectivity index (χ2n) is 6.59. The molecule has 116 valence electrons. The number of hydrogen-bond donors (Lipinski definition) is 2. The summed E-state index contributed by atoms with van der Waals surface area (Å²) in [6.45, 7) is 7.46. The minimum atomic E-state index is -0.570. The average molecular weight is 294 g/mol. The summed E-state index contributed by atoms with van der Waals surface area (Å²) in [5.74, 6) is 0.290. The van der Waals surface area contributed by atoms with E-state index in [9.17, 15) is 9.18 Å².